The fourth-order valence-corrected chi connectivity index (χ4v) is 1.83. The lowest BCUT2D eigenvalue weighted by Crippen LogP contribution is -2.25. The number of benzene rings is 1. The molecular formula is C13H15NO2. The van der Waals surface area contributed by atoms with Crippen molar-refractivity contribution in [3.8, 4) is 0 Å². The van der Waals surface area contributed by atoms with Gasteiger partial charge in [-0.2, -0.15) is 0 Å². The molecule has 3 nitrogen and oxygen atoms in total. The van der Waals surface area contributed by atoms with Gasteiger partial charge in [-0.1, -0.05) is 24.3 Å². The van der Waals surface area contributed by atoms with E-state index in [0.29, 0.717) is 6.61 Å². The highest BCUT2D eigenvalue weighted by atomic mass is 16.5. The van der Waals surface area contributed by atoms with Gasteiger partial charge in [-0.25, -0.2) is 4.79 Å². The molecule has 1 aromatic rings. The number of ether oxygens (including phenoxy) is 1. The van der Waals surface area contributed by atoms with Crippen LogP contribution in [0.3, 0.4) is 0 Å². The van der Waals surface area contributed by atoms with Gasteiger partial charge in [-0.3, -0.25) is 5.32 Å². The lowest BCUT2D eigenvalue weighted by molar-refractivity contribution is 0.155. The number of rotatable bonds is 2. The Morgan fingerprint density at radius 1 is 1.38 bits per heavy atom. The molecule has 1 aromatic carbocycles. The fourth-order valence-electron chi connectivity index (χ4n) is 1.83. The molecule has 0 saturated heterocycles. The van der Waals surface area contributed by atoms with E-state index in [0.717, 1.165) is 18.5 Å². The van der Waals surface area contributed by atoms with Crippen LogP contribution in [0.2, 0.25) is 0 Å². The Bertz CT molecular complexity index is 424. The van der Waals surface area contributed by atoms with E-state index in [1.165, 1.54) is 11.1 Å². The molecule has 2 rings (SSSR count). The summed E-state index contributed by atoms with van der Waals surface area (Å²) < 4.78 is 4.84. The van der Waals surface area contributed by atoms with Crippen molar-refractivity contribution in [2.24, 2.45) is 0 Å². The summed E-state index contributed by atoms with van der Waals surface area (Å²) in [6.45, 7) is 2.19. The van der Waals surface area contributed by atoms with Crippen molar-refractivity contribution in [1.29, 1.82) is 0 Å². The lowest BCUT2D eigenvalue weighted by atomic mass is 9.95. The van der Waals surface area contributed by atoms with Crippen molar-refractivity contribution in [2.45, 2.75) is 19.8 Å². The number of carbonyl (C=O) groups excluding carboxylic acids is 1. The third kappa shape index (κ3) is 2.42. The topological polar surface area (TPSA) is 38.3 Å². The van der Waals surface area contributed by atoms with Gasteiger partial charge in [-0.15, -0.1) is 0 Å². The summed E-state index contributed by atoms with van der Waals surface area (Å²) in [5, 5.41) is 2.76. The highest BCUT2D eigenvalue weighted by molar-refractivity contribution is 5.72. The zero-order valence-corrected chi connectivity index (χ0v) is 9.32. The Morgan fingerprint density at radius 3 is 3.00 bits per heavy atom. The molecular weight excluding hydrogens is 202 g/mol. The number of carbonyl (C=O) groups is 1. The van der Waals surface area contributed by atoms with Crippen molar-refractivity contribution in [3.63, 3.8) is 0 Å². The van der Waals surface area contributed by atoms with E-state index in [1.54, 1.807) is 6.92 Å². The Morgan fingerprint density at radius 2 is 2.19 bits per heavy atom. The summed E-state index contributed by atoms with van der Waals surface area (Å²) in [7, 11) is 0. The molecule has 1 aliphatic carbocycles. The summed E-state index contributed by atoms with van der Waals surface area (Å²) in [5.41, 5.74) is 3.44. The highest BCUT2D eigenvalue weighted by Crippen LogP contribution is 2.21. The Labute approximate surface area is 95.1 Å². The normalized spacial score (nSPS) is 13.7. The predicted octanol–water partition coefficient (Wildman–Crippen LogP) is 2.72. The molecule has 0 spiro atoms. The maximum Gasteiger partial charge on any atom is 0.411 e. The molecule has 0 bridgehead atoms. The molecule has 84 valence electrons. The van der Waals surface area contributed by atoms with Crippen molar-refractivity contribution in [2.75, 3.05) is 6.61 Å². The minimum atomic E-state index is -0.367. The Balaban J connectivity index is 2.09. The molecule has 0 heterocycles. The monoisotopic (exact) mass is 217 g/mol. The first-order valence-corrected chi connectivity index (χ1v) is 5.52. The summed E-state index contributed by atoms with van der Waals surface area (Å²) in [6.07, 6.45) is 3.47. The van der Waals surface area contributed by atoms with Crippen LogP contribution in [0.1, 0.15) is 24.5 Å². The minimum Gasteiger partial charge on any atom is -0.450 e. The van der Waals surface area contributed by atoms with Crippen LogP contribution >= 0.6 is 0 Å². The first-order chi connectivity index (χ1) is 7.79. The van der Waals surface area contributed by atoms with Crippen LogP contribution in [-0.4, -0.2) is 12.7 Å². The number of fused-ring (bicyclic) bond motifs is 1. The molecule has 0 aliphatic heterocycles. The summed E-state index contributed by atoms with van der Waals surface area (Å²) in [4.78, 5) is 11.2. The van der Waals surface area contributed by atoms with Crippen LogP contribution in [0.15, 0.2) is 30.0 Å². The van der Waals surface area contributed by atoms with Crippen LogP contribution in [0.25, 0.3) is 6.08 Å². The van der Waals surface area contributed by atoms with Crippen molar-refractivity contribution >= 4 is 12.2 Å². The van der Waals surface area contributed by atoms with Crippen LogP contribution < -0.4 is 5.32 Å². The van der Waals surface area contributed by atoms with Crippen LogP contribution in [0.5, 0.6) is 0 Å². The zero-order valence-electron chi connectivity index (χ0n) is 9.32. The quantitative estimate of drug-likeness (QED) is 0.827. The number of hydrogen-bond acceptors (Lipinski definition) is 2. The predicted molar refractivity (Wildman–Crippen MR) is 62.9 cm³/mol. The van der Waals surface area contributed by atoms with Crippen LogP contribution in [0, 0.1) is 0 Å². The maximum atomic E-state index is 11.2. The average molecular weight is 217 g/mol. The number of hydrogen-bond donors (Lipinski definition) is 1. The van der Waals surface area contributed by atoms with Crippen LogP contribution in [-0.2, 0) is 11.2 Å². The van der Waals surface area contributed by atoms with Gasteiger partial charge in [0.25, 0.3) is 0 Å². The Kier molecular flexibility index (Phi) is 3.25. The van der Waals surface area contributed by atoms with Gasteiger partial charge in [-0.05, 0) is 37.0 Å². The van der Waals surface area contributed by atoms with E-state index >= 15 is 0 Å². The smallest absolute Gasteiger partial charge is 0.411 e. The van der Waals surface area contributed by atoms with Gasteiger partial charge in [0, 0.05) is 5.70 Å². The van der Waals surface area contributed by atoms with E-state index in [4.69, 9.17) is 4.74 Å². The number of alkyl carbamates (subject to hydrolysis) is 1. The molecule has 0 aromatic heterocycles. The van der Waals surface area contributed by atoms with Crippen molar-refractivity contribution < 1.29 is 9.53 Å². The molecule has 0 saturated carbocycles. The number of aryl methyl sites for hydroxylation is 1. The van der Waals surface area contributed by atoms with E-state index < -0.39 is 0 Å². The SMILES string of the molecule is CCOC(=O)NC1=Cc2ccccc2CC1. The van der Waals surface area contributed by atoms with E-state index in [2.05, 4.69) is 17.4 Å². The molecule has 1 amide bonds. The van der Waals surface area contributed by atoms with Gasteiger partial charge in [0.05, 0.1) is 6.61 Å². The van der Waals surface area contributed by atoms with E-state index in [9.17, 15) is 4.79 Å². The molecule has 1 aliphatic rings. The fraction of sp³-hybridized carbons (Fsp3) is 0.308. The van der Waals surface area contributed by atoms with Gasteiger partial charge < -0.3 is 4.74 Å². The standard InChI is InChI=1S/C13H15NO2/c1-2-16-13(15)14-12-8-7-10-5-3-4-6-11(10)9-12/h3-6,9H,2,7-8H2,1H3,(H,14,15). The van der Waals surface area contributed by atoms with Crippen molar-refractivity contribution in [3.05, 3.63) is 41.1 Å². The number of allylic oxidation sites excluding steroid dienone is 1. The second-order valence-corrected chi connectivity index (χ2v) is 3.71. The molecule has 0 atom stereocenters. The molecule has 0 unspecified atom stereocenters. The van der Waals surface area contributed by atoms with Gasteiger partial charge in [0.1, 0.15) is 0 Å². The zero-order chi connectivity index (χ0) is 11.4. The molecule has 0 radical (unpaired) electrons. The summed E-state index contributed by atoms with van der Waals surface area (Å²) >= 11 is 0. The average Bonchev–Trinajstić information content (AvgIpc) is 2.29. The first-order valence-electron chi connectivity index (χ1n) is 5.52. The highest BCUT2D eigenvalue weighted by Gasteiger charge is 2.11. The molecule has 1 N–H and O–H groups in total. The number of amides is 1. The third-order valence-corrected chi connectivity index (χ3v) is 2.59. The van der Waals surface area contributed by atoms with Gasteiger partial charge >= 0.3 is 6.09 Å². The Hall–Kier alpha value is -1.77. The molecule has 0 fully saturated rings. The molecule has 16 heavy (non-hydrogen) atoms. The summed E-state index contributed by atoms with van der Waals surface area (Å²) in [6, 6.07) is 8.22. The van der Waals surface area contributed by atoms with Gasteiger partial charge in [0.2, 0.25) is 0 Å². The second-order valence-electron chi connectivity index (χ2n) is 3.71. The van der Waals surface area contributed by atoms with Gasteiger partial charge in [0.15, 0.2) is 0 Å². The van der Waals surface area contributed by atoms with Crippen molar-refractivity contribution in [1.82, 2.24) is 5.32 Å². The molecule has 3 heteroatoms. The number of nitrogens with one attached hydrogen (secondary N) is 1. The van der Waals surface area contributed by atoms with E-state index in [-0.39, 0.29) is 6.09 Å². The maximum absolute atomic E-state index is 11.2. The third-order valence-electron chi connectivity index (χ3n) is 2.59. The van der Waals surface area contributed by atoms with E-state index in [1.807, 2.05) is 18.2 Å². The lowest BCUT2D eigenvalue weighted by Gasteiger charge is -2.16. The second kappa shape index (κ2) is 4.84. The van der Waals surface area contributed by atoms with Crippen LogP contribution in [0.4, 0.5) is 4.79 Å². The minimum absolute atomic E-state index is 0.367. The summed E-state index contributed by atoms with van der Waals surface area (Å²) in [5.74, 6) is 0. The largest absolute Gasteiger partial charge is 0.450 e. The first kappa shape index (κ1) is 10.7.